The summed E-state index contributed by atoms with van der Waals surface area (Å²) in [7, 11) is -2.24. The van der Waals surface area contributed by atoms with Crippen molar-refractivity contribution in [1.29, 1.82) is 0 Å². The summed E-state index contributed by atoms with van der Waals surface area (Å²) < 4.78 is 26.9. The molecule has 1 aromatic heterocycles. The first-order valence-electron chi connectivity index (χ1n) is 9.75. The van der Waals surface area contributed by atoms with E-state index in [1.54, 1.807) is 24.3 Å². The first-order valence-corrected chi connectivity index (χ1v) is 12.0. The summed E-state index contributed by atoms with van der Waals surface area (Å²) in [5, 5.41) is 12.0. The molecule has 0 spiro atoms. The molecule has 3 aromatic carbocycles. The Morgan fingerprint density at radius 1 is 0.906 bits per heavy atom. The van der Waals surface area contributed by atoms with E-state index in [9.17, 15) is 13.2 Å². The van der Waals surface area contributed by atoms with E-state index in [0.29, 0.717) is 22.8 Å². The van der Waals surface area contributed by atoms with E-state index in [2.05, 4.69) is 15.5 Å². The fourth-order valence-corrected chi connectivity index (χ4v) is 4.99. The SMILES string of the molecule is CN(c1ccccc1)S(=O)(=O)c1ccc(C(=O)Nc2nnc(Cc3ccccc3)s2)cc1. The minimum absolute atomic E-state index is 0.0986. The highest BCUT2D eigenvalue weighted by Crippen LogP contribution is 2.23. The Kier molecular flexibility index (Phi) is 6.29. The van der Waals surface area contributed by atoms with Crippen LogP contribution in [0.3, 0.4) is 0 Å². The van der Waals surface area contributed by atoms with Crippen LogP contribution in [0.4, 0.5) is 10.8 Å². The third-order valence-corrected chi connectivity index (χ3v) is 7.42. The lowest BCUT2D eigenvalue weighted by molar-refractivity contribution is 0.102. The molecule has 162 valence electrons. The van der Waals surface area contributed by atoms with E-state index in [1.807, 2.05) is 36.4 Å². The van der Waals surface area contributed by atoms with Crippen LogP contribution in [0.5, 0.6) is 0 Å². The molecule has 0 saturated carbocycles. The molecule has 0 atom stereocenters. The fraction of sp³-hybridized carbons (Fsp3) is 0.0870. The lowest BCUT2D eigenvalue weighted by Crippen LogP contribution is -2.26. The van der Waals surface area contributed by atoms with Gasteiger partial charge in [0.1, 0.15) is 5.01 Å². The number of benzene rings is 3. The molecule has 1 amide bonds. The highest BCUT2D eigenvalue weighted by Gasteiger charge is 2.21. The molecular formula is C23H20N4O3S2. The highest BCUT2D eigenvalue weighted by molar-refractivity contribution is 7.92. The number of nitrogens with zero attached hydrogens (tertiary/aromatic N) is 3. The van der Waals surface area contributed by atoms with Gasteiger partial charge in [-0.15, -0.1) is 10.2 Å². The van der Waals surface area contributed by atoms with Crippen molar-refractivity contribution in [3.8, 4) is 0 Å². The Morgan fingerprint density at radius 3 is 2.19 bits per heavy atom. The Hall–Kier alpha value is -3.56. The molecule has 0 radical (unpaired) electrons. The number of amides is 1. The Morgan fingerprint density at radius 2 is 1.53 bits per heavy atom. The van der Waals surface area contributed by atoms with Crippen LogP contribution in [0, 0.1) is 0 Å². The van der Waals surface area contributed by atoms with Gasteiger partial charge in [-0.1, -0.05) is 59.9 Å². The number of sulfonamides is 1. The predicted octanol–water partition coefficient (Wildman–Crippen LogP) is 4.21. The number of anilines is 2. The summed E-state index contributed by atoms with van der Waals surface area (Å²) in [5.41, 5.74) is 1.99. The second-order valence-electron chi connectivity index (χ2n) is 6.95. The Bertz CT molecular complexity index is 1310. The van der Waals surface area contributed by atoms with Crippen molar-refractivity contribution in [3.05, 3.63) is 101 Å². The molecule has 7 nitrogen and oxygen atoms in total. The summed E-state index contributed by atoms with van der Waals surface area (Å²) >= 11 is 1.30. The van der Waals surface area contributed by atoms with Crippen molar-refractivity contribution in [3.63, 3.8) is 0 Å². The largest absolute Gasteiger partial charge is 0.296 e. The van der Waals surface area contributed by atoms with Crippen molar-refractivity contribution < 1.29 is 13.2 Å². The van der Waals surface area contributed by atoms with Gasteiger partial charge >= 0.3 is 0 Å². The molecule has 0 aliphatic heterocycles. The maximum atomic E-state index is 12.9. The minimum Gasteiger partial charge on any atom is -0.296 e. The van der Waals surface area contributed by atoms with Crippen molar-refractivity contribution in [2.45, 2.75) is 11.3 Å². The van der Waals surface area contributed by atoms with E-state index in [-0.39, 0.29) is 10.8 Å². The first-order chi connectivity index (χ1) is 15.4. The van der Waals surface area contributed by atoms with Crippen LogP contribution in [0.25, 0.3) is 0 Å². The number of carbonyl (C=O) groups is 1. The molecule has 0 bridgehead atoms. The second kappa shape index (κ2) is 9.29. The molecule has 32 heavy (non-hydrogen) atoms. The van der Waals surface area contributed by atoms with Gasteiger partial charge in [-0.05, 0) is 42.0 Å². The number of hydrogen-bond acceptors (Lipinski definition) is 6. The zero-order valence-corrected chi connectivity index (χ0v) is 18.8. The molecule has 9 heteroatoms. The second-order valence-corrected chi connectivity index (χ2v) is 9.98. The predicted molar refractivity (Wildman–Crippen MR) is 126 cm³/mol. The van der Waals surface area contributed by atoms with Gasteiger partial charge in [0.2, 0.25) is 5.13 Å². The van der Waals surface area contributed by atoms with E-state index < -0.39 is 10.0 Å². The van der Waals surface area contributed by atoms with Gasteiger partial charge in [-0.25, -0.2) is 8.42 Å². The average molecular weight is 465 g/mol. The van der Waals surface area contributed by atoms with Crippen molar-refractivity contribution in [2.75, 3.05) is 16.7 Å². The van der Waals surface area contributed by atoms with Crippen molar-refractivity contribution >= 4 is 38.1 Å². The quantitative estimate of drug-likeness (QED) is 0.442. The lowest BCUT2D eigenvalue weighted by atomic mass is 10.2. The fourth-order valence-electron chi connectivity index (χ4n) is 3.03. The zero-order chi connectivity index (χ0) is 22.6. The summed E-state index contributed by atoms with van der Waals surface area (Å²) in [5.74, 6) is -0.382. The van der Waals surface area contributed by atoms with Gasteiger partial charge in [-0.3, -0.25) is 14.4 Å². The number of hydrogen-bond donors (Lipinski definition) is 1. The average Bonchev–Trinajstić information content (AvgIpc) is 3.26. The molecule has 1 heterocycles. The van der Waals surface area contributed by atoms with E-state index in [0.717, 1.165) is 10.6 Å². The van der Waals surface area contributed by atoms with Crippen LogP contribution >= 0.6 is 11.3 Å². The van der Waals surface area contributed by atoms with Crippen molar-refractivity contribution in [2.24, 2.45) is 0 Å². The first kappa shape index (κ1) is 21.7. The highest BCUT2D eigenvalue weighted by atomic mass is 32.2. The van der Waals surface area contributed by atoms with E-state index in [1.165, 1.54) is 47.0 Å². The maximum Gasteiger partial charge on any atom is 0.264 e. The maximum absolute atomic E-state index is 12.9. The number of aromatic nitrogens is 2. The Balaban J connectivity index is 1.43. The molecule has 4 rings (SSSR count). The minimum atomic E-state index is -3.74. The third kappa shape index (κ3) is 4.84. The number of rotatable bonds is 7. The van der Waals surface area contributed by atoms with Gasteiger partial charge in [0.15, 0.2) is 0 Å². The molecule has 4 aromatic rings. The number of carbonyl (C=O) groups excluding carboxylic acids is 1. The molecule has 0 aliphatic carbocycles. The van der Waals surface area contributed by atoms with Crippen LogP contribution in [-0.4, -0.2) is 31.6 Å². The van der Waals surface area contributed by atoms with Gasteiger partial charge < -0.3 is 0 Å². The standard InChI is InChI=1S/C23H20N4O3S2/c1-27(19-10-6-3-7-11-19)32(29,30)20-14-12-18(13-15-20)22(28)24-23-26-25-21(31-23)16-17-8-4-2-5-9-17/h2-15H,16H2,1H3,(H,24,26,28). The summed E-state index contributed by atoms with van der Waals surface area (Å²) in [6.07, 6.45) is 0.635. The molecule has 1 N–H and O–H groups in total. The van der Waals surface area contributed by atoms with Crippen LogP contribution in [0.2, 0.25) is 0 Å². The van der Waals surface area contributed by atoms with Gasteiger partial charge in [0.25, 0.3) is 15.9 Å². The number of nitrogens with one attached hydrogen (secondary N) is 1. The molecule has 0 saturated heterocycles. The molecule has 0 fully saturated rings. The lowest BCUT2D eigenvalue weighted by Gasteiger charge is -2.19. The summed E-state index contributed by atoms with van der Waals surface area (Å²) in [6, 6.07) is 24.5. The van der Waals surface area contributed by atoms with Crippen molar-refractivity contribution in [1.82, 2.24) is 10.2 Å². The topological polar surface area (TPSA) is 92.3 Å². The van der Waals surface area contributed by atoms with E-state index in [4.69, 9.17) is 0 Å². The molecular weight excluding hydrogens is 444 g/mol. The van der Waals surface area contributed by atoms with E-state index >= 15 is 0 Å². The zero-order valence-electron chi connectivity index (χ0n) is 17.2. The van der Waals surface area contributed by atoms with Crippen LogP contribution < -0.4 is 9.62 Å². The normalized spacial score (nSPS) is 11.2. The van der Waals surface area contributed by atoms with Crippen LogP contribution in [0.1, 0.15) is 20.9 Å². The number of para-hydroxylation sites is 1. The smallest absolute Gasteiger partial charge is 0.264 e. The monoisotopic (exact) mass is 464 g/mol. The van der Waals surface area contributed by atoms with Gasteiger partial charge in [-0.2, -0.15) is 0 Å². The Labute approximate surface area is 190 Å². The van der Waals surface area contributed by atoms with Gasteiger partial charge in [0, 0.05) is 19.0 Å². The summed E-state index contributed by atoms with van der Waals surface area (Å²) in [4.78, 5) is 12.7. The third-order valence-electron chi connectivity index (χ3n) is 4.78. The van der Waals surface area contributed by atoms with Crippen LogP contribution in [0.15, 0.2) is 89.8 Å². The van der Waals surface area contributed by atoms with Crippen LogP contribution in [-0.2, 0) is 16.4 Å². The molecule has 0 aliphatic rings. The van der Waals surface area contributed by atoms with Gasteiger partial charge in [0.05, 0.1) is 10.6 Å². The molecule has 0 unspecified atom stereocenters. The summed E-state index contributed by atoms with van der Waals surface area (Å²) in [6.45, 7) is 0.